The molecular weight excluding hydrogens is 456 g/mol. The van der Waals surface area contributed by atoms with Gasteiger partial charge in [-0.15, -0.1) is 0 Å². The maximum atomic E-state index is 13.5. The zero-order valence-corrected chi connectivity index (χ0v) is 20.1. The van der Waals surface area contributed by atoms with Crippen LogP contribution in [0.4, 0.5) is 0 Å². The van der Waals surface area contributed by atoms with Gasteiger partial charge in [0.15, 0.2) is 35.1 Å². The fourth-order valence-corrected chi connectivity index (χ4v) is 5.96. The Balaban J connectivity index is 1.77. The van der Waals surface area contributed by atoms with Crippen molar-refractivity contribution < 1.29 is 38.6 Å². The van der Waals surface area contributed by atoms with Crippen LogP contribution in [0, 0.1) is 0 Å². The van der Waals surface area contributed by atoms with E-state index in [0.717, 1.165) is 0 Å². The highest BCUT2D eigenvalue weighted by Gasteiger charge is 2.59. The molecule has 0 radical (unpaired) electrons. The molecule has 0 amide bonds. The van der Waals surface area contributed by atoms with Crippen molar-refractivity contribution in [2.45, 2.75) is 45.1 Å². The van der Waals surface area contributed by atoms with E-state index in [1.54, 1.807) is 14.0 Å². The zero-order valence-electron chi connectivity index (χ0n) is 20.1. The molecule has 10 heteroatoms. The number of methoxy groups -OCH3 is 2. The van der Waals surface area contributed by atoms with E-state index < -0.39 is 53.3 Å². The monoisotopic (exact) mass is 480 g/mol. The summed E-state index contributed by atoms with van der Waals surface area (Å²) in [4.78, 5) is 69.6. The molecule has 0 unspecified atom stereocenters. The maximum absolute atomic E-state index is 13.5. The number of carbonyl (C=O) groups excluding carboxylic acids is 5. The van der Waals surface area contributed by atoms with E-state index in [1.807, 2.05) is 0 Å². The van der Waals surface area contributed by atoms with Crippen molar-refractivity contribution in [3.05, 3.63) is 56.7 Å². The van der Waals surface area contributed by atoms with E-state index in [9.17, 15) is 29.1 Å². The van der Waals surface area contributed by atoms with Crippen LogP contribution in [0.3, 0.4) is 0 Å². The van der Waals surface area contributed by atoms with Crippen molar-refractivity contribution in [2.75, 3.05) is 21.3 Å². The summed E-state index contributed by atoms with van der Waals surface area (Å²) < 4.78 is 10.4. The molecule has 0 aromatic heterocycles. The van der Waals surface area contributed by atoms with Gasteiger partial charge in [-0.2, -0.15) is 0 Å². The van der Waals surface area contributed by atoms with E-state index in [0.29, 0.717) is 5.70 Å². The van der Waals surface area contributed by atoms with E-state index >= 15 is 0 Å². The van der Waals surface area contributed by atoms with Gasteiger partial charge in [0.05, 0.1) is 31.9 Å². The van der Waals surface area contributed by atoms with Crippen LogP contribution < -0.4 is 0 Å². The Bertz CT molecular complexity index is 1340. The Hall–Kier alpha value is -3.63. The predicted molar refractivity (Wildman–Crippen MR) is 119 cm³/mol. The number of hydrogen-bond acceptors (Lipinski definition) is 10. The fraction of sp³-hybridized carbons (Fsp3) is 0.400. The van der Waals surface area contributed by atoms with Gasteiger partial charge in [-0.05, 0) is 33.9 Å². The van der Waals surface area contributed by atoms with Gasteiger partial charge in [-0.1, -0.05) is 0 Å². The van der Waals surface area contributed by atoms with Crippen LogP contribution in [0.25, 0.3) is 0 Å². The number of carbonyl (C=O) groups is 5. The lowest BCUT2D eigenvalue weighted by Gasteiger charge is -2.56. The van der Waals surface area contributed by atoms with Crippen molar-refractivity contribution in [2.24, 2.45) is 0 Å². The summed E-state index contributed by atoms with van der Waals surface area (Å²) in [5.41, 5.74) is 0.475. The van der Waals surface area contributed by atoms with Crippen LogP contribution in [0.5, 0.6) is 0 Å². The minimum Gasteiger partial charge on any atom is -0.492 e. The third-order valence-electron chi connectivity index (χ3n) is 7.61. The van der Waals surface area contributed by atoms with Crippen LogP contribution in [-0.4, -0.2) is 89.4 Å². The fourth-order valence-electron chi connectivity index (χ4n) is 5.96. The third kappa shape index (κ3) is 2.63. The minimum absolute atomic E-state index is 0.0236. The number of nitrogens with zero attached hydrogens (tertiary/aromatic N) is 2. The van der Waals surface area contributed by atoms with Crippen LogP contribution in [0.15, 0.2) is 56.7 Å². The molecule has 182 valence electrons. The molecule has 0 spiro atoms. The number of piperazine rings is 1. The second-order valence-electron chi connectivity index (χ2n) is 9.19. The Labute approximate surface area is 200 Å². The van der Waals surface area contributed by atoms with Gasteiger partial charge in [0.1, 0.15) is 6.04 Å². The summed E-state index contributed by atoms with van der Waals surface area (Å²) in [6.45, 7) is 4.56. The molecule has 0 saturated carbocycles. The van der Waals surface area contributed by atoms with Gasteiger partial charge in [-0.25, -0.2) is 0 Å². The first-order valence-electron chi connectivity index (χ1n) is 11.1. The molecule has 1 fully saturated rings. The van der Waals surface area contributed by atoms with E-state index in [1.165, 1.54) is 43.9 Å². The lowest BCUT2D eigenvalue weighted by molar-refractivity contribution is -0.145. The molecule has 0 aromatic rings. The summed E-state index contributed by atoms with van der Waals surface area (Å²) in [6, 6.07) is -2.89. The molecular formula is C25H24N2O8. The molecule has 4 atom stereocenters. The van der Waals surface area contributed by atoms with E-state index in [4.69, 9.17) is 9.47 Å². The van der Waals surface area contributed by atoms with Gasteiger partial charge in [-0.3, -0.25) is 28.9 Å². The van der Waals surface area contributed by atoms with Gasteiger partial charge in [0.2, 0.25) is 11.6 Å². The minimum atomic E-state index is -1.44. The smallest absolute Gasteiger partial charge is 0.226 e. The van der Waals surface area contributed by atoms with Crippen molar-refractivity contribution >= 4 is 28.9 Å². The SMILES string of the molecule is COC1=C(C)C(=O)C2=C(C1=O)[C@@H]1C3=CC4=C(C(=O)C(OC)=C(C)C4=O)[C@H](C)N3[C@@H](O)[C@@H](C2=O)N1C. The number of aliphatic hydroxyl groups is 1. The molecule has 1 saturated heterocycles. The molecule has 1 N–H and O–H groups in total. The molecule has 10 nitrogen and oxygen atoms in total. The number of ether oxygens (including phenoxy) is 2. The van der Waals surface area contributed by atoms with E-state index in [2.05, 4.69) is 0 Å². The second-order valence-corrected chi connectivity index (χ2v) is 9.19. The van der Waals surface area contributed by atoms with Gasteiger partial charge < -0.3 is 19.5 Å². The molecule has 5 aliphatic rings. The normalized spacial score (nSPS) is 31.1. The van der Waals surface area contributed by atoms with Crippen molar-refractivity contribution in [3.63, 3.8) is 0 Å². The zero-order chi connectivity index (χ0) is 25.7. The molecule has 5 rings (SSSR count). The summed E-state index contributed by atoms with van der Waals surface area (Å²) in [5, 5.41) is 11.4. The number of ketones is 5. The van der Waals surface area contributed by atoms with Crippen molar-refractivity contribution in [1.29, 1.82) is 0 Å². The largest absolute Gasteiger partial charge is 0.492 e. The molecule has 2 bridgehead atoms. The average molecular weight is 480 g/mol. The number of hydrogen-bond donors (Lipinski definition) is 1. The standard InChI is InChI=1S/C25H24N2O8/c1-8-18(28)11-7-12-16-14-15(19(29)9(2)24(35-6)22(14)32)20(30)17(26(16)4)25(33)27(12)10(3)13(11)21(31)23(8)34-5/h7,10,16-17,25,33H,1-6H3/t10-,16-,17+,25-/m0/s1. The molecule has 3 aliphatic heterocycles. The first kappa shape index (κ1) is 23.1. The second kappa shape index (κ2) is 7.43. The topological polar surface area (TPSA) is 131 Å². The third-order valence-corrected chi connectivity index (χ3v) is 7.61. The number of likely N-dealkylation sites (N-methyl/N-ethyl adjacent to an activating group) is 1. The average Bonchev–Trinajstić information content (AvgIpc) is 2.80. The molecule has 0 aromatic carbocycles. The van der Waals surface area contributed by atoms with Crippen LogP contribution >= 0.6 is 0 Å². The highest BCUT2D eigenvalue weighted by Crippen LogP contribution is 2.47. The Morgan fingerprint density at radius 2 is 1.40 bits per heavy atom. The first-order chi connectivity index (χ1) is 16.5. The Morgan fingerprint density at radius 1 is 0.857 bits per heavy atom. The Morgan fingerprint density at radius 3 is 1.97 bits per heavy atom. The van der Waals surface area contributed by atoms with Gasteiger partial charge in [0, 0.05) is 33.6 Å². The number of Topliss-reactive ketones (excluding diaryl/α,β-unsaturated/α-hetero) is 5. The van der Waals surface area contributed by atoms with E-state index in [-0.39, 0.29) is 45.0 Å². The molecule has 35 heavy (non-hydrogen) atoms. The van der Waals surface area contributed by atoms with Crippen molar-refractivity contribution in [3.8, 4) is 0 Å². The highest BCUT2D eigenvalue weighted by molar-refractivity contribution is 6.37. The lowest BCUT2D eigenvalue weighted by atomic mass is 9.71. The summed E-state index contributed by atoms with van der Waals surface area (Å²) in [5.74, 6) is -3.00. The summed E-state index contributed by atoms with van der Waals surface area (Å²) >= 11 is 0. The quantitative estimate of drug-likeness (QED) is 0.422. The van der Waals surface area contributed by atoms with Crippen molar-refractivity contribution in [1.82, 2.24) is 9.80 Å². The predicted octanol–water partition coefficient (Wildman–Crippen LogP) is -0.104. The van der Waals surface area contributed by atoms with Crippen LogP contribution in [0.2, 0.25) is 0 Å². The van der Waals surface area contributed by atoms with Crippen LogP contribution in [0.1, 0.15) is 20.8 Å². The molecule has 3 heterocycles. The van der Waals surface area contributed by atoms with Gasteiger partial charge >= 0.3 is 0 Å². The highest BCUT2D eigenvalue weighted by atomic mass is 16.5. The maximum Gasteiger partial charge on any atom is 0.226 e. The lowest BCUT2D eigenvalue weighted by Crippen LogP contribution is -2.70. The first-order valence-corrected chi connectivity index (χ1v) is 11.1. The summed E-state index contributed by atoms with van der Waals surface area (Å²) in [7, 11) is 4.16. The van der Waals surface area contributed by atoms with Crippen LogP contribution in [-0.2, 0) is 33.4 Å². The summed E-state index contributed by atoms with van der Waals surface area (Å²) in [6.07, 6.45) is 0.0343. The number of rotatable bonds is 2. The Kier molecular flexibility index (Phi) is 4.91. The molecule has 2 aliphatic carbocycles. The van der Waals surface area contributed by atoms with Gasteiger partial charge in [0.25, 0.3) is 0 Å². The number of aliphatic hydroxyl groups excluding tert-OH is 1. The number of allylic oxidation sites excluding steroid dienone is 6. The number of fused-ring (bicyclic) bond motifs is 5.